The molecule has 2 heteroatoms. The third-order valence-electron chi connectivity index (χ3n) is 13.1. The van der Waals surface area contributed by atoms with E-state index in [1.165, 1.54) is 72.0 Å². The zero-order valence-electron chi connectivity index (χ0n) is 32.4. The summed E-state index contributed by atoms with van der Waals surface area (Å²) in [5, 5.41) is 2.40. The van der Waals surface area contributed by atoms with Crippen LogP contribution < -0.4 is 9.64 Å². The van der Waals surface area contributed by atoms with Crippen molar-refractivity contribution < 1.29 is 4.74 Å². The lowest BCUT2D eigenvalue weighted by atomic mass is 9.65. The molecule has 2 aliphatic carbocycles. The van der Waals surface area contributed by atoms with Gasteiger partial charge in [-0.05, 0) is 91.7 Å². The lowest BCUT2D eigenvalue weighted by molar-refractivity contribution is 0.438. The lowest BCUT2D eigenvalue weighted by Gasteiger charge is -2.40. The van der Waals surface area contributed by atoms with E-state index in [0.29, 0.717) is 0 Å². The Balaban J connectivity index is 1.20. The summed E-state index contributed by atoms with van der Waals surface area (Å²) in [6, 6.07) is 73.6. The van der Waals surface area contributed by atoms with Crippen LogP contribution in [0.3, 0.4) is 0 Å². The number of para-hydroxylation sites is 2. The van der Waals surface area contributed by atoms with Crippen LogP contribution >= 0.6 is 0 Å². The van der Waals surface area contributed by atoms with Crippen LogP contribution in [0.25, 0.3) is 44.2 Å². The van der Waals surface area contributed by atoms with E-state index in [0.717, 1.165) is 34.1 Å². The Morgan fingerprint density at radius 2 is 1.05 bits per heavy atom. The molecule has 0 fully saturated rings. The lowest BCUT2D eigenvalue weighted by Crippen LogP contribution is -2.32. The normalized spacial score (nSPS) is 16.1. The zero-order valence-corrected chi connectivity index (χ0v) is 32.4. The molecular weight excluding hydrogens is 703 g/mol. The molecule has 0 aromatic heterocycles. The third-order valence-corrected chi connectivity index (χ3v) is 13.1. The van der Waals surface area contributed by atoms with Crippen LogP contribution in [0, 0.1) is 0 Å². The van der Waals surface area contributed by atoms with Gasteiger partial charge in [0.1, 0.15) is 11.5 Å². The van der Waals surface area contributed by atoms with Crippen molar-refractivity contribution >= 4 is 27.8 Å². The van der Waals surface area contributed by atoms with Crippen molar-refractivity contribution in [2.45, 2.75) is 24.7 Å². The number of fused-ring (bicyclic) bond motifs is 14. The van der Waals surface area contributed by atoms with Crippen LogP contribution in [0.15, 0.2) is 200 Å². The van der Waals surface area contributed by atoms with Crippen molar-refractivity contribution in [3.63, 3.8) is 0 Å². The Morgan fingerprint density at radius 1 is 0.414 bits per heavy atom. The van der Waals surface area contributed by atoms with Gasteiger partial charge in [0, 0.05) is 33.4 Å². The van der Waals surface area contributed by atoms with Crippen LogP contribution in [0.5, 0.6) is 11.5 Å². The van der Waals surface area contributed by atoms with E-state index in [1.54, 1.807) is 0 Å². The number of rotatable bonds is 4. The molecule has 9 aromatic rings. The minimum absolute atomic E-state index is 0.154. The van der Waals surface area contributed by atoms with Gasteiger partial charge in [-0.3, -0.25) is 0 Å². The summed E-state index contributed by atoms with van der Waals surface area (Å²) < 4.78 is 6.86. The van der Waals surface area contributed by atoms with Gasteiger partial charge in [-0.1, -0.05) is 178 Å². The van der Waals surface area contributed by atoms with Gasteiger partial charge in [-0.2, -0.15) is 0 Å². The molecule has 1 aliphatic heterocycles. The number of benzene rings is 9. The molecule has 1 atom stereocenters. The van der Waals surface area contributed by atoms with Crippen molar-refractivity contribution in [3.05, 3.63) is 234 Å². The average molecular weight is 742 g/mol. The van der Waals surface area contributed by atoms with E-state index in [2.05, 4.69) is 219 Å². The van der Waals surface area contributed by atoms with Gasteiger partial charge in [-0.15, -0.1) is 0 Å². The van der Waals surface area contributed by atoms with E-state index < -0.39 is 5.41 Å². The Bertz CT molecular complexity index is 3140. The molecule has 274 valence electrons. The predicted octanol–water partition coefficient (Wildman–Crippen LogP) is 14.8. The Hall–Kier alpha value is -7.16. The smallest absolute Gasteiger partial charge is 0.132 e. The number of anilines is 3. The number of hydrogen-bond acceptors (Lipinski definition) is 2. The molecule has 0 saturated heterocycles. The fourth-order valence-electron chi connectivity index (χ4n) is 10.7. The third kappa shape index (κ3) is 4.38. The van der Waals surface area contributed by atoms with Crippen LogP contribution in [0.1, 0.15) is 47.2 Å². The molecular formula is C56H39NO. The minimum atomic E-state index is -0.626. The second-order valence-electron chi connectivity index (χ2n) is 16.4. The molecule has 0 amide bonds. The summed E-state index contributed by atoms with van der Waals surface area (Å²) in [5.74, 6) is 1.79. The molecule has 9 aromatic carbocycles. The van der Waals surface area contributed by atoms with Crippen molar-refractivity contribution in [1.82, 2.24) is 0 Å². The highest BCUT2D eigenvalue weighted by molar-refractivity contribution is 6.03. The van der Waals surface area contributed by atoms with Crippen molar-refractivity contribution in [3.8, 4) is 44.9 Å². The van der Waals surface area contributed by atoms with E-state index in [-0.39, 0.29) is 5.41 Å². The second kappa shape index (κ2) is 12.2. The van der Waals surface area contributed by atoms with Gasteiger partial charge in [0.15, 0.2) is 0 Å². The Kier molecular flexibility index (Phi) is 6.93. The molecule has 3 aliphatic rings. The highest BCUT2D eigenvalue weighted by atomic mass is 16.5. The molecule has 0 radical (unpaired) electrons. The first-order valence-corrected chi connectivity index (χ1v) is 20.3. The summed E-state index contributed by atoms with van der Waals surface area (Å²) in [4.78, 5) is 2.53. The van der Waals surface area contributed by atoms with Gasteiger partial charge >= 0.3 is 0 Å². The first kappa shape index (κ1) is 33.0. The molecule has 58 heavy (non-hydrogen) atoms. The van der Waals surface area contributed by atoms with Gasteiger partial charge in [-0.25, -0.2) is 0 Å². The maximum atomic E-state index is 6.86. The minimum Gasteiger partial charge on any atom is -0.457 e. The van der Waals surface area contributed by atoms with E-state index in [9.17, 15) is 0 Å². The monoisotopic (exact) mass is 741 g/mol. The van der Waals surface area contributed by atoms with Crippen molar-refractivity contribution in [2.75, 3.05) is 4.90 Å². The molecule has 0 N–H and O–H groups in total. The fraction of sp³-hybridized carbons (Fsp3) is 0.0714. The molecule has 0 saturated carbocycles. The van der Waals surface area contributed by atoms with Crippen LogP contribution in [-0.2, 0) is 10.8 Å². The molecule has 1 heterocycles. The van der Waals surface area contributed by atoms with Gasteiger partial charge in [0.25, 0.3) is 0 Å². The molecule has 0 bridgehead atoms. The van der Waals surface area contributed by atoms with Gasteiger partial charge < -0.3 is 9.64 Å². The Labute approximate surface area is 339 Å². The summed E-state index contributed by atoms with van der Waals surface area (Å²) in [6.45, 7) is 4.74. The first-order valence-electron chi connectivity index (χ1n) is 20.3. The number of ether oxygens (including phenoxy) is 1. The quantitative estimate of drug-likeness (QED) is 0.178. The SMILES string of the molecule is CC1(C)c2ccccc2-c2ccc(N(c3ccccc3-c3ccccc3)c3cccc4c3-c3ccccc3C43c4ccccc4Oc4ccc5ccccc5c43)cc21. The zero-order chi connectivity index (χ0) is 38.6. The van der Waals surface area contributed by atoms with Crippen LogP contribution in [0.4, 0.5) is 17.1 Å². The number of hydrogen-bond donors (Lipinski definition) is 0. The van der Waals surface area contributed by atoms with E-state index in [4.69, 9.17) is 4.74 Å². The highest BCUT2D eigenvalue weighted by Gasteiger charge is 2.53. The van der Waals surface area contributed by atoms with Gasteiger partial charge in [0.05, 0.1) is 16.8 Å². The van der Waals surface area contributed by atoms with Crippen LogP contribution in [-0.4, -0.2) is 0 Å². The standard InChI is InChI=1S/C56H39NO/c1-55(2)44-24-11-8-22-41(44)42-33-32-38(35-48(42)55)57(49-28-14-10-20-39(49)36-17-4-3-5-18-36)50-29-16-27-47-53(50)43-23-9-12-25-45(43)56(47)46-26-13-15-30-51(46)58-52-34-31-37-19-6-7-21-40(37)54(52)56/h3-35H,1-2H3. The maximum absolute atomic E-state index is 6.86. The number of nitrogens with zero attached hydrogens (tertiary/aromatic N) is 1. The average Bonchev–Trinajstić information content (AvgIpc) is 3.70. The maximum Gasteiger partial charge on any atom is 0.132 e. The van der Waals surface area contributed by atoms with Crippen LogP contribution in [0.2, 0.25) is 0 Å². The first-order chi connectivity index (χ1) is 28.5. The van der Waals surface area contributed by atoms with Crippen molar-refractivity contribution in [2.24, 2.45) is 0 Å². The van der Waals surface area contributed by atoms with E-state index >= 15 is 0 Å². The van der Waals surface area contributed by atoms with E-state index in [1.807, 2.05) is 0 Å². The largest absolute Gasteiger partial charge is 0.457 e. The summed E-state index contributed by atoms with van der Waals surface area (Å²) in [7, 11) is 0. The molecule has 12 rings (SSSR count). The molecule has 2 nitrogen and oxygen atoms in total. The summed E-state index contributed by atoms with van der Waals surface area (Å²) in [5.41, 5.74) is 17.7. The second-order valence-corrected chi connectivity index (χ2v) is 16.4. The van der Waals surface area contributed by atoms with Crippen molar-refractivity contribution in [1.29, 1.82) is 0 Å². The van der Waals surface area contributed by atoms with Gasteiger partial charge in [0.2, 0.25) is 0 Å². The highest BCUT2D eigenvalue weighted by Crippen LogP contribution is 2.65. The topological polar surface area (TPSA) is 12.5 Å². The summed E-state index contributed by atoms with van der Waals surface area (Å²) >= 11 is 0. The fourth-order valence-corrected chi connectivity index (χ4v) is 10.7. The Morgan fingerprint density at radius 3 is 1.91 bits per heavy atom. The molecule has 1 spiro atoms. The molecule has 1 unspecified atom stereocenters. The predicted molar refractivity (Wildman–Crippen MR) is 239 cm³/mol. The summed E-state index contributed by atoms with van der Waals surface area (Å²) in [6.07, 6.45) is 0.